The van der Waals surface area contributed by atoms with E-state index in [9.17, 15) is 0 Å². The molecule has 0 bridgehead atoms. The fraction of sp³-hybridized carbons (Fsp3) is 0.148. The van der Waals surface area contributed by atoms with E-state index in [4.69, 9.17) is 17.0 Å². The highest BCUT2D eigenvalue weighted by molar-refractivity contribution is 7.80. The molecule has 1 aliphatic rings. The number of hydrogen-bond acceptors (Lipinski definition) is 2. The molecule has 1 aliphatic heterocycles. The summed E-state index contributed by atoms with van der Waals surface area (Å²) in [5, 5.41) is 0. The smallest absolute Gasteiger partial charge is 0.111 e. The highest BCUT2D eigenvalue weighted by Crippen LogP contribution is 2.37. The molecule has 0 N–H and O–H groups in total. The summed E-state index contributed by atoms with van der Waals surface area (Å²) in [6.07, 6.45) is 0. The van der Waals surface area contributed by atoms with Crippen molar-refractivity contribution in [2.24, 2.45) is 0 Å². The van der Waals surface area contributed by atoms with E-state index < -0.39 is 0 Å². The van der Waals surface area contributed by atoms with E-state index >= 15 is 0 Å². The number of thiocarbonyl (C=S) groups is 1. The molecule has 0 radical (unpaired) electrons. The molecule has 1 saturated heterocycles. The zero-order chi connectivity index (χ0) is 21.0. The van der Waals surface area contributed by atoms with Gasteiger partial charge in [0, 0.05) is 24.3 Å². The Morgan fingerprint density at radius 1 is 0.710 bits per heavy atom. The summed E-state index contributed by atoms with van der Waals surface area (Å²) in [6, 6.07) is 33.9. The van der Waals surface area contributed by atoms with Crippen LogP contribution in [0.4, 0.5) is 0 Å². The summed E-state index contributed by atoms with van der Waals surface area (Å²) in [4.78, 5) is 3.15. The number of benzene rings is 3. The van der Waals surface area contributed by atoms with Crippen LogP contribution < -0.4 is 0 Å². The highest BCUT2D eigenvalue weighted by Gasteiger charge is 2.25. The second kappa shape index (κ2) is 8.88. The van der Waals surface area contributed by atoms with Crippen molar-refractivity contribution in [2.45, 2.75) is 0 Å². The van der Waals surface area contributed by atoms with Gasteiger partial charge in [0.25, 0.3) is 0 Å². The van der Waals surface area contributed by atoms with E-state index in [-0.39, 0.29) is 0 Å². The predicted octanol–water partition coefficient (Wildman–Crippen LogP) is 5.82. The first kappa shape index (κ1) is 19.7. The maximum absolute atomic E-state index is 6.06. The van der Waals surface area contributed by atoms with E-state index in [0.29, 0.717) is 13.2 Å². The second-order valence-corrected chi connectivity index (χ2v) is 7.99. The molecule has 4 aromatic rings. The minimum Gasteiger partial charge on any atom is -0.378 e. The van der Waals surface area contributed by atoms with Crippen molar-refractivity contribution in [1.82, 2.24) is 9.47 Å². The predicted molar refractivity (Wildman–Crippen MR) is 131 cm³/mol. The quantitative estimate of drug-likeness (QED) is 0.385. The number of ether oxygens (including phenoxy) is 1. The Bertz CT molecular complexity index is 1160. The molecule has 3 nitrogen and oxygen atoms in total. The lowest BCUT2D eigenvalue weighted by molar-refractivity contribution is 0.0693. The van der Waals surface area contributed by atoms with Crippen molar-refractivity contribution >= 4 is 17.2 Å². The molecule has 0 amide bonds. The lowest BCUT2D eigenvalue weighted by Gasteiger charge is -2.29. The van der Waals surface area contributed by atoms with Crippen LogP contribution in [0.1, 0.15) is 5.56 Å². The van der Waals surface area contributed by atoms with E-state index in [1.54, 1.807) is 0 Å². The van der Waals surface area contributed by atoms with Crippen LogP contribution in [-0.4, -0.2) is 40.8 Å². The highest BCUT2D eigenvalue weighted by atomic mass is 32.1. The van der Waals surface area contributed by atoms with Crippen LogP contribution in [0.15, 0.2) is 97.1 Å². The monoisotopic (exact) mass is 424 g/mol. The lowest BCUT2D eigenvalue weighted by atomic mass is 10.1. The molecule has 3 aromatic carbocycles. The number of para-hydroxylation sites is 1. The van der Waals surface area contributed by atoms with Gasteiger partial charge in [-0.2, -0.15) is 0 Å². The Labute approximate surface area is 188 Å². The van der Waals surface area contributed by atoms with Gasteiger partial charge >= 0.3 is 0 Å². The van der Waals surface area contributed by atoms with Gasteiger partial charge < -0.3 is 14.2 Å². The van der Waals surface area contributed by atoms with Crippen LogP contribution in [0.25, 0.3) is 28.2 Å². The molecule has 5 rings (SSSR count). The number of aromatic nitrogens is 1. The summed E-state index contributed by atoms with van der Waals surface area (Å²) >= 11 is 6.06. The first-order valence-corrected chi connectivity index (χ1v) is 11.0. The van der Waals surface area contributed by atoms with Gasteiger partial charge in [0.1, 0.15) is 4.99 Å². The molecule has 0 saturated carbocycles. The van der Waals surface area contributed by atoms with Crippen LogP contribution in [0, 0.1) is 0 Å². The van der Waals surface area contributed by atoms with Gasteiger partial charge in [0.2, 0.25) is 0 Å². The number of hydrogen-bond donors (Lipinski definition) is 0. The fourth-order valence-corrected chi connectivity index (χ4v) is 4.50. The van der Waals surface area contributed by atoms with E-state index in [0.717, 1.165) is 46.3 Å². The zero-order valence-corrected chi connectivity index (χ0v) is 18.1. The van der Waals surface area contributed by atoms with Gasteiger partial charge in [-0.15, -0.1) is 0 Å². The van der Waals surface area contributed by atoms with Gasteiger partial charge in [-0.25, -0.2) is 0 Å². The molecule has 1 aromatic heterocycles. The van der Waals surface area contributed by atoms with E-state index in [1.165, 1.54) is 5.56 Å². The van der Waals surface area contributed by atoms with Crippen LogP contribution in [0.3, 0.4) is 0 Å². The molecule has 0 unspecified atom stereocenters. The normalized spacial score (nSPS) is 13.9. The molecular weight excluding hydrogens is 400 g/mol. The van der Waals surface area contributed by atoms with Crippen molar-refractivity contribution in [2.75, 3.05) is 26.3 Å². The third-order valence-corrected chi connectivity index (χ3v) is 6.14. The second-order valence-electron chi connectivity index (χ2n) is 7.60. The fourth-order valence-electron chi connectivity index (χ4n) is 4.16. The number of rotatable bonds is 4. The summed E-state index contributed by atoms with van der Waals surface area (Å²) in [6.45, 7) is 3.08. The molecule has 0 atom stereocenters. The lowest BCUT2D eigenvalue weighted by Crippen LogP contribution is -2.40. The van der Waals surface area contributed by atoms with Crippen molar-refractivity contribution in [3.63, 3.8) is 0 Å². The van der Waals surface area contributed by atoms with Gasteiger partial charge in [0.05, 0.1) is 24.6 Å². The summed E-state index contributed by atoms with van der Waals surface area (Å²) in [7, 11) is 0. The molecule has 0 spiro atoms. The van der Waals surface area contributed by atoms with Crippen LogP contribution in [-0.2, 0) is 4.74 Å². The van der Waals surface area contributed by atoms with Crippen molar-refractivity contribution in [3.05, 3.63) is 103 Å². The average molecular weight is 425 g/mol. The molecule has 4 heteroatoms. The Hall–Kier alpha value is -3.21. The summed E-state index contributed by atoms with van der Waals surface area (Å²) < 4.78 is 7.90. The van der Waals surface area contributed by atoms with Gasteiger partial charge in [0.15, 0.2) is 0 Å². The molecule has 0 aliphatic carbocycles. The van der Waals surface area contributed by atoms with Crippen molar-refractivity contribution in [3.8, 4) is 28.2 Å². The van der Waals surface area contributed by atoms with E-state index in [1.807, 2.05) is 0 Å². The molecule has 31 heavy (non-hydrogen) atoms. The Kier molecular flexibility index (Phi) is 5.65. The van der Waals surface area contributed by atoms with Crippen LogP contribution in [0.2, 0.25) is 0 Å². The summed E-state index contributed by atoms with van der Waals surface area (Å²) in [5.41, 5.74) is 6.79. The standard InChI is InChI=1S/C27H24N2OS/c31-27(28-16-18-30-19-17-28)24-20-25(21-10-4-1-5-11-21)29(23-14-8-3-9-15-23)26(24)22-12-6-2-7-13-22/h1-15,20H,16-19H2. The average Bonchev–Trinajstić information content (AvgIpc) is 3.26. The minimum atomic E-state index is 0.714. The third kappa shape index (κ3) is 3.92. The molecule has 1 fully saturated rings. The van der Waals surface area contributed by atoms with Gasteiger partial charge in [-0.3, -0.25) is 0 Å². The first-order valence-electron chi connectivity index (χ1n) is 10.6. The number of nitrogens with zero attached hydrogens (tertiary/aromatic N) is 2. The molecular formula is C27H24N2OS. The third-order valence-electron chi connectivity index (χ3n) is 5.66. The first-order chi connectivity index (χ1) is 15.3. The maximum atomic E-state index is 6.06. The van der Waals surface area contributed by atoms with Crippen molar-refractivity contribution in [1.29, 1.82) is 0 Å². The van der Waals surface area contributed by atoms with E-state index in [2.05, 4.69) is 107 Å². The Morgan fingerprint density at radius 2 is 1.26 bits per heavy atom. The maximum Gasteiger partial charge on any atom is 0.111 e. The Morgan fingerprint density at radius 3 is 1.87 bits per heavy atom. The van der Waals surface area contributed by atoms with Gasteiger partial charge in [-0.05, 0) is 29.3 Å². The topological polar surface area (TPSA) is 17.4 Å². The molecule has 2 heterocycles. The van der Waals surface area contributed by atoms with Crippen LogP contribution in [0.5, 0.6) is 0 Å². The Balaban J connectivity index is 1.78. The number of morpholine rings is 1. The molecule has 154 valence electrons. The van der Waals surface area contributed by atoms with Crippen LogP contribution >= 0.6 is 12.2 Å². The largest absolute Gasteiger partial charge is 0.378 e. The van der Waals surface area contributed by atoms with Crippen molar-refractivity contribution < 1.29 is 4.74 Å². The minimum absolute atomic E-state index is 0.714. The van der Waals surface area contributed by atoms with Gasteiger partial charge in [-0.1, -0.05) is 91.1 Å². The SMILES string of the molecule is S=C(c1cc(-c2ccccc2)n(-c2ccccc2)c1-c1ccccc1)N1CCOCC1. The summed E-state index contributed by atoms with van der Waals surface area (Å²) in [5.74, 6) is 0. The zero-order valence-electron chi connectivity index (χ0n) is 17.3.